The standard InChI is InChI=1S/C26H30N6O3/c1-16-5-4-6-17(2)23(16)31-15-18-14-28-25(29-21-8-7-19(27)13-22(21)34-3)30-24(18)32(26(31)33)20-9-11-35-12-10-20/h4-8,13-14,20H,9-12,15,27H2,1-3H3,(H,28,29,30). The first-order chi connectivity index (χ1) is 17.0. The molecule has 0 radical (unpaired) electrons. The first kappa shape index (κ1) is 22.9. The number of nitrogens with two attached hydrogens (primary N) is 1. The van der Waals surface area contributed by atoms with Crippen LogP contribution in [0, 0.1) is 13.8 Å². The molecule has 1 fully saturated rings. The van der Waals surface area contributed by atoms with E-state index in [-0.39, 0.29) is 12.1 Å². The van der Waals surface area contributed by atoms with Crippen molar-refractivity contribution in [3.8, 4) is 5.75 Å². The first-order valence-electron chi connectivity index (χ1n) is 11.8. The van der Waals surface area contributed by atoms with Crippen molar-refractivity contribution in [2.75, 3.05) is 41.2 Å². The second-order valence-electron chi connectivity index (χ2n) is 8.95. The number of aryl methyl sites for hydroxylation is 2. The number of aromatic nitrogens is 2. The monoisotopic (exact) mass is 474 g/mol. The molecular formula is C26H30N6O3. The fourth-order valence-corrected chi connectivity index (χ4v) is 4.85. The molecule has 2 aliphatic rings. The predicted octanol–water partition coefficient (Wildman–Crippen LogP) is 4.55. The van der Waals surface area contributed by atoms with Gasteiger partial charge in [-0.25, -0.2) is 9.78 Å². The van der Waals surface area contributed by atoms with Gasteiger partial charge >= 0.3 is 6.03 Å². The molecule has 0 unspecified atom stereocenters. The number of anilines is 5. The molecule has 1 saturated heterocycles. The van der Waals surface area contributed by atoms with Gasteiger partial charge in [-0.2, -0.15) is 4.98 Å². The highest BCUT2D eigenvalue weighted by Crippen LogP contribution is 2.37. The van der Waals surface area contributed by atoms with Gasteiger partial charge in [0.05, 0.1) is 25.0 Å². The Labute approximate surface area is 204 Å². The van der Waals surface area contributed by atoms with Gasteiger partial charge < -0.3 is 20.5 Å². The average Bonchev–Trinajstić information content (AvgIpc) is 2.86. The summed E-state index contributed by atoms with van der Waals surface area (Å²) in [5.41, 5.74) is 11.1. The van der Waals surface area contributed by atoms with Crippen molar-refractivity contribution in [2.24, 2.45) is 0 Å². The topological polar surface area (TPSA) is 106 Å². The Morgan fingerprint density at radius 2 is 1.89 bits per heavy atom. The molecule has 9 nitrogen and oxygen atoms in total. The number of urea groups is 1. The van der Waals surface area contributed by atoms with Gasteiger partial charge in [0.1, 0.15) is 11.6 Å². The number of carbonyl (C=O) groups is 1. The van der Waals surface area contributed by atoms with Crippen molar-refractivity contribution in [3.63, 3.8) is 0 Å². The second-order valence-corrected chi connectivity index (χ2v) is 8.95. The van der Waals surface area contributed by atoms with Gasteiger partial charge in [-0.05, 0) is 49.9 Å². The number of para-hydroxylation sites is 1. The lowest BCUT2D eigenvalue weighted by molar-refractivity contribution is 0.0854. The number of fused-ring (bicyclic) bond motifs is 1. The van der Waals surface area contributed by atoms with E-state index >= 15 is 0 Å². The largest absolute Gasteiger partial charge is 0.494 e. The minimum Gasteiger partial charge on any atom is -0.494 e. The summed E-state index contributed by atoms with van der Waals surface area (Å²) in [6, 6.07) is 11.3. The van der Waals surface area contributed by atoms with E-state index in [1.807, 2.05) is 47.9 Å². The zero-order chi connectivity index (χ0) is 24.5. The number of ether oxygens (including phenoxy) is 2. The first-order valence-corrected chi connectivity index (χ1v) is 11.8. The van der Waals surface area contributed by atoms with Crippen molar-refractivity contribution < 1.29 is 14.3 Å². The average molecular weight is 475 g/mol. The summed E-state index contributed by atoms with van der Waals surface area (Å²) in [5.74, 6) is 1.61. The fraction of sp³-hybridized carbons (Fsp3) is 0.346. The summed E-state index contributed by atoms with van der Waals surface area (Å²) in [4.78, 5) is 27.1. The Balaban J connectivity index is 1.55. The number of nitrogen functional groups attached to an aromatic ring is 1. The van der Waals surface area contributed by atoms with Crippen molar-refractivity contribution >= 4 is 34.9 Å². The summed E-state index contributed by atoms with van der Waals surface area (Å²) in [6.45, 7) is 5.71. The van der Waals surface area contributed by atoms with Crippen LogP contribution in [-0.2, 0) is 11.3 Å². The van der Waals surface area contributed by atoms with Crippen LogP contribution in [0.5, 0.6) is 5.75 Å². The van der Waals surface area contributed by atoms with Gasteiger partial charge in [0.2, 0.25) is 5.95 Å². The Bertz CT molecular complexity index is 1240. The molecule has 1 aromatic heterocycles. The van der Waals surface area contributed by atoms with Crippen LogP contribution in [0.1, 0.15) is 29.5 Å². The normalized spacial score (nSPS) is 16.3. The maximum atomic E-state index is 14.0. The van der Waals surface area contributed by atoms with Crippen LogP contribution >= 0.6 is 0 Å². The lowest BCUT2D eigenvalue weighted by atomic mass is 10.0. The van der Waals surface area contributed by atoms with Gasteiger partial charge in [-0.3, -0.25) is 9.80 Å². The highest BCUT2D eigenvalue weighted by molar-refractivity contribution is 6.06. The Morgan fingerprint density at radius 1 is 1.14 bits per heavy atom. The molecule has 9 heteroatoms. The van der Waals surface area contributed by atoms with E-state index in [0.717, 1.165) is 35.2 Å². The van der Waals surface area contributed by atoms with E-state index in [1.54, 1.807) is 25.4 Å². The minimum absolute atomic E-state index is 0.00376. The van der Waals surface area contributed by atoms with Gasteiger partial charge in [-0.1, -0.05) is 18.2 Å². The van der Waals surface area contributed by atoms with Crippen LogP contribution in [0.25, 0.3) is 0 Å². The SMILES string of the molecule is COc1cc(N)ccc1Nc1ncc2c(n1)N(C1CCOCC1)C(=O)N(c1c(C)cccc1C)C2. The molecule has 5 rings (SSSR count). The maximum absolute atomic E-state index is 14.0. The lowest BCUT2D eigenvalue weighted by Gasteiger charge is -2.42. The van der Waals surface area contributed by atoms with Gasteiger partial charge in [0.25, 0.3) is 0 Å². The van der Waals surface area contributed by atoms with E-state index in [0.29, 0.717) is 48.6 Å². The number of rotatable bonds is 5. The smallest absolute Gasteiger partial charge is 0.330 e. The summed E-state index contributed by atoms with van der Waals surface area (Å²) < 4.78 is 11.0. The lowest BCUT2D eigenvalue weighted by Crippen LogP contribution is -2.54. The van der Waals surface area contributed by atoms with E-state index in [9.17, 15) is 4.79 Å². The number of hydrogen-bond donors (Lipinski definition) is 2. The molecule has 3 heterocycles. The highest BCUT2D eigenvalue weighted by Gasteiger charge is 2.39. The second kappa shape index (κ2) is 9.42. The van der Waals surface area contributed by atoms with Crippen molar-refractivity contribution in [1.29, 1.82) is 0 Å². The third kappa shape index (κ3) is 4.35. The minimum atomic E-state index is -0.0727. The summed E-state index contributed by atoms with van der Waals surface area (Å²) >= 11 is 0. The molecule has 0 saturated carbocycles. The Hall–Kier alpha value is -3.85. The molecule has 3 aromatic rings. The van der Waals surface area contributed by atoms with Crippen LogP contribution < -0.4 is 25.6 Å². The van der Waals surface area contributed by atoms with Crippen LogP contribution in [0.3, 0.4) is 0 Å². The maximum Gasteiger partial charge on any atom is 0.330 e. The fourth-order valence-electron chi connectivity index (χ4n) is 4.85. The Morgan fingerprint density at radius 3 is 2.60 bits per heavy atom. The van der Waals surface area contributed by atoms with Crippen LogP contribution in [0.15, 0.2) is 42.6 Å². The molecule has 0 atom stereocenters. The number of benzene rings is 2. The number of nitrogens with zero attached hydrogens (tertiary/aromatic N) is 4. The highest BCUT2D eigenvalue weighted by atomic mass is 16.5. The molecule has 35 heavy (non-hydrogen) atoms. The van der Waals surface area contributed by atoms with E-state index < -0.39 is 0 Å². The van der Waals surface area contributed by atoms with Crippen molar-refractivity contribution in [1.82, 2.24) is 9.97 Å². The van der Waals surface area contributed by atoms with Crippen molar-refractivity contribution in [3.05, 3.63) is 59.3 Å². The molecule has 0 bridgehead atoms. The number of amides is 2. The number of methoxy groups -OCH3 is 1. The molecule has 0 spiro atoms. The zero-order valence-corrected chi connectivity index (χ0v) is 20.2. The molecule has 2 aliphatic heterocycles. The molecule has 3 N–H and O–H groups in total. The van der Waals surface area contributed by atoms with E-state index in [1.165, 1.54) is 0 Å². The van der Waals surface area contributed by atoms with Crippen LogP contribution in [-0.4, -0.2) is 42.4 Å². The predicted molar refractivity (Wildman–Crippen MR) is 137 cm³/mol. The zero-order valence-electron chi connectivity index (χ0n) is 20.2. The van der Waals surface area contributed by atoms with Gasteiger partial charge in [-0.15, -0.1) is 0 Å². The molecular weight excluding hydrogens is 444 g/mol. The summed E-state index contributed by atoms with van der Waals surface area (Å²) in [6.07, 6.45) is 3.31. The Kier molecular flexibility index (Phi) is 6.17. The molecule has 2 aromatic carbocycles. The molecule has 2 amide bonds. The van der Waals surface area contributed by atoms with Gasteiger partial charge in [0, 0.05) is 42.8 Å². The summed E-state index contributed by atoms with van der Waals surface area (Å²) in [5, 5.41) is 3.22. The molecule has 0 aliphatic carbocycles. The number of nitrogens with one attached hydrogen (secondary N) is 1. The number of hydrogen-bond acceptors (Lipinski definition) is 7. The van der Waals surface area contributed by atoms with Gasteiger partial charge in [0.15, 0.2) is 0 Å². The summed E-state index contributed by atoms with van der Waals surface area (Å²) in [7, 11) is 1.58. The number of carbonyl (C=O) groups excluding carboxylic acids is 1. The molecule has 182 valence electrons. The van der Waals surface area contributed by atoms with E-state index in [2.05, 4.69) is 10.3 Å². The third-order valence-corrected chi connectivity index (χ3v) is 6.57. The van der Waals surface area contributed by atoms with Crippen molar-refractivity contribution in [2.45, 2.75) is 39.3 Å². The third-order valence-electron chi connectivity index (χ3n) is 6.57. The van der Waals surface area contributed by atoms with Crippen LogP contribution in [0.4, 0.5) is 33.6 Å². The van der Waals surface area contributed by atoms with Crippen LogP contribution in [0.2, 0.25) is 0 Å². The van der Waals surface area contributed by atoms with E-state index in [4.69, 9.17) is 20.2 Å². The quantitative estimate of drug-likeness (QED) is 0.523.